The molecule has 116 valence electrons. The smallest absolute Gasteiger partial charge is 0.0309 e. The van der Waals surface area contributed by atoms with Gasteiger partial charge in [-0.1, -0.05) is 33.1 Å². The number of rotatable bonds is 2. The molecule has 0 amide bonds. The van der Waals surface area contributed by atoms with Crippen molar-refractivity contribution in [3.8, 4) is 0 Å². The summed E-state index contributed by atoms with van der Waals surface area (Å²) in [5, 5.41) is 3.99. The Kier molecular flexibility index (Phi) is 4.99. The zero-order valence-electron chi connectivity index (χ0n) is 13.4. The molecule has 1 aliphatic carbocycles. The first-order valence-electron chi connectivity index (χ1n) is 8.79. The van der Waals surface area contributed by atoms with E-state index in [-0.39, 0.29) is 0 Å². The second-order valence-corrected chi connectivity index (χ2v) is 8.73. The van der Waals surface area contributed by atoms with E-state index in [2.05, 4.69) is 35.8 Å². The average Bonchev–Trinajstić information content (AvgIpc) is 2.48. The lowest BCUT2D eigenvalue weighted by Crippen LogP contribution is -2.68. The summed E-state index contributed by atoms with van der Waals surface area (Å²) in [4.78, 5) is 2.93. The number of piperazine rings is 1. The molecule has 2 atom stereocenters. The van der Waals surface area contributed by atoms with E-state index in [1.807, 2.05) is 0 Å². The van der Waals surface area contributed by atoms with Crippen LogP contribution in [0.15, 0.2) is 0 Å². The number of thioether (sulfide) groups is 1. The van der Waals surface area contributed by atoms with Crippen molar-refractivity contribution in [1.82, 2.24) is 10.2 Å². The molecule has 0 aromatic rings. The summed E-state index contributed by atoms with van der Waals surface area (Å²) in [5.41, 5.74) is 0.464. The normalized spacial score (nSPS) is 35.5. The van der Waals surface area contributed by atoms with Crippen molar-refractivity contribution >= 4 is 11.8 Å². The molecular formula is C17H32N2S. The zero-order valence-corrected chi connectivity index (χ0v) is 14.2. The third kappa shape index (κ3) is 3.20. The van der Waals surface area contributed by atoms with Crippen LogP contribution in [0.4, 0.5) is 0 Å². The molecule has 2 unspecified atom stereocenters. The fraction of sp³-hybridized carbons (Fsp3) is 1.00. The summed E-state index contributed by atoms with van der Waals surface area (Å²) in [6.45, 7) is 7.36. The van der Waals surface area contributed by atoms with Gasteiger partial charge in [-0.2, -0.15) is 11.8 Å². The minimum atomic E-state index is 0.464. The molecule has 0 bridgehead atoms. The van der Waals surface area contributed by atoms with Gasteiger partial charge in [0.2, 0.25) is 0 Å². The molecule has 3 aliphatic rings. The van der Waals surface area contributed by atoms with Crippen molar-refractivity contribution in [1.29, 1.82) is 0 Å². The molecule has 0 aromatic heterocycles. The Balaban J connectivity index is 1.73. The Morgan fingerprint density at radius 1 is 1.15 bits per heavy atom. The minimum Gasteiger partial charge on any atom is -0.308 e. The van der Waals surface area contributed by atoms with Crippen LogP contribution in [-0.4, -0.2) is 47.1 Å². The number of nitrogens with zero attached hydrogens (tertiary/aromatic N) is 1. The SMILES string of the molecule is CC(C)C1CNC2(CCCCC2)CN1C1CCCSC1. The van der Waals surface area contributed by atoms with Crippen molar-refractivity contribution < 1.29 is 0 Å². The molecule has 2 nitrogen and oxygen atoms in total. The van der Waals surface area contributed by atoms with E-state index in [0.717, 1.165) is 18.0 Å². The van der Waals surface area contributed by atoms with Crippen molar-refractivity contribution in [2.24, 2.45) is 5.92 Å². The Morgan fingerprint density at radius 3 is 2.60 bits per heavy atom. The maximum absolute atomic E-state index is 3.99. The summed E-state index contributed by atoms with van der Waals surface area (Å²) in [7, 11) is 0. The highest BCUT2D eigenvalue weighted by Gasteiger charge is 2.43. The van der Waals surface area contributed by atoms with Crippen molar-refractivity contribution in [2.75, 3.05) is 24.6 Å². The van der Waals surface area contributed by atoms with Gasteiger partial charge in [-0.05, 0) is 37.4 Å². The van der Waals surface area contributed by atoms with Crippen LogP contribution in [0.1, 0.15) is 58.8 Å². The fourth-order valence-electron chi connectivity index (χ4n) is 4.53. The van der Waals surface area contributed by atoms with Gasteiger partial charge in [0, 0.05) is 36.5 Å². The van der Waals surface area contributed by atoms with E-state index < -0.39 is 0 Å². The molecule has 2 aliphatic heterocycles. The van der Waals surface area contributed by atoms with Crippen LogP contribution in [0.2, 0.25) is 0 Å². The average molecular weight is 297 g/mol. The van der Waals surface area contributed by atoms with Crippen LogP contribution < -0.4 is 5.32 Å². The molecule has 1 spiro atoms. The largest absolute Gasteiger partial charge is 0.308 e. The Bertz CT molecular complexity index is 306. The number of nitrogens with one attached hydrogen (secondary N) is 1. The first kappa shape index (κ1) is 15.2. The third-order valence-electron chi connectivity index (χ3n) is 5.78. The summed E-state index contributed by atoms with van der Waals surface area (Å²) >= 11 is 2.18. The highest BCUT2D eigenvalue weighted by atomic mass is 32.2. The molecule has 3 rings (SSSR count). The molecule has 0 radical (unpaired) electrons. The first-order valence-corrected chi connectivity index (χ1v) is 9.94. The van der Waals surface area contributed by atoms with Crippen LogP contribution in [0.25, 0.3) is 0 Å². The second-order valence-electron chi connectivity index (χ2n) is 7.58. The van der Waals surface area contributed by atoms with Crippen LogP contribution in [0.5, 0.6) is 0 Å². The molecule has 3 fully saturated rings. The lowest BCUT2D eigenvalue weighted by atomic mass is 9.78. The van der Waals surface area contributed by atoms with Gasteiger partial charge in [-0.15, -0.1) is 0 Å². The van der Waals surface area contributed by atoms with E-state index in [4.69, 9.17) is 0 Å². The van der Waals surface area contributed by atoms with Gasteiger partial charge in [0.25, 0.3) is 0 Å². The van der Waals surface area contributed by atoms with Gasteiger partial charge in [-0.25, -0.2) is 0 Å². The topological polar surface area (TPSA) is 15.3 Å². The van der Waals surface area contributed by atoms with Crippen molar-refractivity contribution in [2.45, 2.75) is 76.4 Å². The fourth-order valence-corrected chi connectivity index (χ4v) is 5.70. The molecule has 3 heteroatoms. The second kappa shape index (κ2) is 6.58. The van der Waals surface area contributed by atoms with E-state index in [1.165, 1.54) is 69.5 Å². The van der Waals surface area contributed by atoms with Crippen molar-refractivity contribution in [3.05, 3.63) is 0 Å². The van der Waals surface area contributed by atoms with Gasteiger partial charge in [0.05, 0.1) is 0 Å². The van der Waals surface area contributed by atoms with Crippen LogP contribution in [0.3, 0.4) is 0 Å². The molecule has 1 saturated carbocycles. The monoisotopic (exact) mass is 296 g/mol. The van der Waals surface area contributed by atoms with Crippen molar-refractivity contribution in [3.63, 3.8) is 0 Å². The van der Waals surface area contributed by atoms with E-state index >= 15 is 0 Å². The summed E-state index contributed by atoms with van der Waals surface area (Å²) in [6.07, 6.45) is 10.0. The first-order chi connectivity index (χ1) is 9.70. The maximum Gasteiger partial charge on any atom is 0.0309 e. The van der Waals surface area contributed by atoms with E-state index in [9.17, 15) is 0 Å². The highest BCUT2D eigenvalue weighted by Crippen LogP contribution is 2.35. The number of hydrogen-bond donors (Lipinski definition) is 1. The Labute approximate surface area is 129 Å². The molecule has 2 saturated heterocycles. The summed E-state index contributed by atoms with van der Waals surface area (Å²) in [5.74, 6) is 3.54. The van der Waals surface area contributed by atoms with Gasteiger partial charge >= 0.3 is 0 Å². The van der Waals surface area contributed by atoms with E-state index in [1.54, 1.807) is 0 Å². The van der Waals surface area contributed by atoms with Gasteiger partial charge in [0.15, 0.2) is 0 Å². The van der Waals surface area contributed by atoms with Crippen LogP contribution >= 0.6 is 11.8 Å². The maximum atomic E-state index is 3.99. The highest BCUT2D eigenvalue weighted by molar-refractivity contribution is 7.99. The number of hydrogen-bond acceptors (Lipinski definition) is 3. The minimum absolute atomic E-state index is 0.464. The van der Waals surface area contributed by atoms with Gasteiger partial charge < -0.3 is 5.32 Å². The Morgan fingerprint density at radius 2 is 1.95 bits per heavy atom. The summed E-state index contributed by atoms with van der Waals surface area (Å²) < 4.78 is 0. The lowest BCUT2D eigenvalue weighted by molar-refractivity contribution is 0.00920. The van der Waals surface area contributed by atoms with Gasteiger partial charge in [-0.3, -0.25) is 4.90 Å². The molecular weight excluding hydrogens is 264 g/mol. The predicted molar refractivity (Wildman–Crippen MR) is 89.5 cm³/mol. The molecule has 0 aromatic carbocycles. The van der Waals surface area contributed by atoms with Crippen LogP contribution in [0, 0.1) is 5.92 Å². The lowest BCUT2D eigenvalue weighted by Gasteiger charge is -2.53. The molecule has 2 heterocycles. The zero-order chi connectivity index (χ0) is 14.0. The van der Waals surface area contributed by atoms with Gasteiger partial charge in [0.1, 0.15) is 0 Å². The molecule has 20 heavy (non-hydrogen) atoms. The Hall–Kier alpha value is 0.270. The quantitative estimate of drug-likeness (QED) is 0.839. The predicted octanol–water partition coefficient (Wildman–Crippen LogP) is 3.51. The van der Waals surface area contributed by atoms with E-state index in [0.29, 0.717) is 5.54 Å². The third-order valence-corrected chi connectivity index (χ3v) is 6.98. The van der Waals surface area contributed by atoms with Crippen LogP contribution in [-0.2, 0) is 0 Å². The standard InChI is InChI=1S/C17H32N2S/c1-14(2)16-11-18-17(8-4-3-5-9-17)13-19(16)15-7-6-10-20-12-15/h14-16,18H,3-13H2,1-2H3. The summed E-state index contributed by atoms with van der Waals surface area (Å²) in [6, 6.07) is 1.60. The molecule has 1 N–H and O–H groups in total.